The van der Waals surface area contributed by atoms with Crippen LogP contribution in [0.1, 0.15) is 22.5 Å². The van der Waals surface area contributed by atoms with Crippen LogP contribution in [0.4, 0.5) is 0 Å². The standard InChI is InChI=1S/C19H22N4O2/c1-14-2-4-16(5-3-14)25-17-10-15-12-23(9-8-22(15)13-17)19(24)18-11-20-6-7-21-18/h2-7,11,15,17H,8-10,12-13H2,1H3/t15-,17+/m0/s1. The number of rotatable bonds is 3. The SMILES string of the molecule is Cc1ccc(O[C@@H]2C[C@H]3CN(C(=O)c4cnccn4)CCN3C2)cc1. The molecule has 0 radical (unpaired) electrons. The van der Waals surface area contributed by atoms with Crippen molar-refractivity contribution in [2.45, 2.75) is 25.5 Å². The van der Waals surface area contributed by atoms with Crippen LogP contribution in [-0.4, -0.2) is 64.0 Å². The average Bonchev–Trinajstić information content (AvgIpc) is 3.05. The van der Waals surface area contributed by atoms with E-state index >= 15 is 0 Å². The fraction of sp³-hybridized carbons (Fsp3) is 0.421. The molecule has 1 aromatic carbocycles. The molecule has 2 saturated heterocycles. The summed E-state index contributed by atoms with van der Waals surface area (Å²) in [5.41, 5.74) is 1.65. The maximum atomic E-state index is 12.6. The minimum Gasteiger partial charge on any atom is -0.489 e. The summed E-state index contributed by atoms with van der Waals surface area (Å²) in [6, 6.07) is 8.54. The molecule has 0 spiro atoms. The molecular weight excluding hydrogens is 316 g/mol. The zero-order valence-corrected chi connectivity index (χ0v) is 14.3. The fourth-order valence-corrected chi connectivity index (χ4v) is 3.65. The summed E-state index contributed by atoms with van der Waals surface area (Å²) in [5, 5.41) is 0. The number of fused-ring (bicyclic) bond motifs is 1. The van der Waals surface area contributed by atoms with Crippen molar-refractivity contribution in [2.75, 3.05) is 26.2 Å². The molecule has 6 heteroatoms. The van der Waals surface area contributed by atoms with E-state index < -0.39 is 0 Å². The molecule has 2 aromatic rings. The number of aryl methyl sites for hydroxylation is 1. The highest BCUT2D eigenvalue weighted by molar-refractivity contribution is 5.92. The van der Waals surface area contributed by atoms with Gasteiger partial charge in [0.1, 0.15) is 17.5 Å². The molecule has 6 nitrogen and oxygen atoms in total. The van der Waals surface area contributed by atoms with Gasteiger partial charge in [0.2, 0.25) is 0 Å². The molecule has 3 heterocycles. The maximum Gasteiger partial charge on any atom is 0.274 e. The van der Waals surface area contributed by atoms with Crippen molar-refractivity contribution in [1.29, 1.82) is 0 Å². The van der Waals surface area contributed by atoms with Crippen LogP contribution in [0, 0.1) is 6.92 Å². The van der Waals surface area contributed by atoms with E-state index in [9.17, 15) is 4.79 Å². The van der Waals surface area contributed by atoms with Crippen LogP contribution in [0.25, 0.3) is 0 Å². The van der Waals surface area contributed by atoms with Gasteiger partial charge in [-0.1, -0.05) is 17.7 Å². The number of hydrogen-bond donors (Lipinski definition) is 0. The van der Waals surface area contributed by atoms with Gasteiger partial charge in [0.05, 0.1) is 6.20 Å². The highest BCUT2D eigenvalue weighted by Gasteiger charge is 2.38. The third-order valence-corrected chi connectivity index (χ3v) is 4.97. The minimum atomic E-state index is -0.0318. The highest BCUT2D eigenvalue weighted by Crippen LogP contribution is 2.26. The zero-order chi connectivity index (χ0) is 17.2. The maximum absolute atomic E-state index is 12.6. The van der Waals surface area contributed by atoms with Gasteiger partial charge in [-0.3, -0.25) is 14.7 Å². The Morgan fingerprint density at radius 3 is 2.76 bits per heavy atom. The number of amides is 1. The second-order valence-electron chi connectivity index (χ2n) is 6.78. The first kappa shape index (κ1) is 16.0. The third-order valence-electron chi connectivity index (χ3n) is 4.97. The van der Waals surface area contributed by atoms with Crippen molar-refractivity contribution >= 4 is 5.91 Å². The first-order valence-electron chi connectivity index (χ1n) is 8.72. The second-order valence-corrected chi connectivity index (χ2v) is 6.78. The minimum absolute atomic E-state index is 0.0318. The number of hydrogen-bond acceptors (Lipinski definition) is 5. The molecule has 0 N–H and O–H groups in total. The first-order valence-corrected chi connectivity index (χ1v) is 8.72. The van der Waals surface area contributed by atoms with Crippen LogP contribution < -0.4 is 4.74 Å². The molecule has 4 rings (SSSR count). The molecule has 2 aliphatic heterocycles. The molecular formula is C19H22N4O2. The Bertz CT molecular complexity index is 735. The van der Waals surface area contributed by atoms with Crippen LogP contribution in [0.2, 0.25) is 0 Å². The topological polar surface area (TPSA) is 58.6 Å². The Kier molecular flexibility index (Phi) is 4.36. The summed E-state index contributed by atoms with van der Waals surface area (Å²) in [6.07, 6.45) is 5.80. The quantitative estimate of drug-likeness (QED) is 0.854. The summed E-state index contributed by atoms with van der Waals surface area (Å²) in [4.78, 5) is 25.0. The normalized spacial score (nSPS) is 23.3. The summed E-state index contributed by atoms with van der Waals surface area (Å²) >= 11 is 0. The lowest BCUT2D eigenvalue weighted by atomic mass is 10.1. The zero-order valence-electron chi connectivity index (χ0n) is 14.3. The summed E-state index contributed by atoms with van der Waals surface area (Å²) in [5.74, 6) is 0.888. The summed E-state index contributed by atoms with van der Waals surface area (Å²) in [6.45, 7) is 5.32. The van der Waals surface area contributed by atoms with Crippen molar-refractivity contribution in [1.82, 2.24) is 19.8 Å². The van der Waals surface area contributed by atoms with Crippen molar-refractivity contribution < 1.29 is 9.53 Å². The fourth-order valence-electron chi connectivity index (χ4n) is 3.65. The van der Waals surface area contributed by atoms with Gasteiger partial charge in [-0.15, -0.1) is 0 Å². The van der Waals surface area contributed by atoms with Crippen LogP contribution in [0.5, 0.6) is 5.75 Å². The van der Waals surface area contributed by atoms with Crippen molar-refractivity contribution in [3.05, 3.63) is 54.1 Å². The van der Waals surface area contributed by atoms with E-state index in [1.165, 1.54) is 11.8 Å². The van der Waals surface area contributed by atoms with Crippen LogP contribution in [0.3, 0.4) is 0 Å². The molecule has 2 fully saturated rings. The van der Waals surface area contributed by atoms with Gasteiger partial charge in [-0.25, -0.2) is 4.98 Å². The lowest BCUT2D eigenvalue weighted by Crippen LogP contribution is -2.52. The number of piperazine rings is 1. The number of carbonyl (C=O) groups is 1. The Balaban J connectivity index is 1.37. The van der Waals surface area contributed by atoms with Crippen LogP contribution in [0.15, 0.2) is 42.9 Å². The van der Waals surface area contributed by atoms with Crippen LogP contribution in [-0.2, 0) is 0 Å². The van der Waals surface area contributed by atoms with E-state index in [2.05, 4.69) is 33.9 Å². The molecule has 0 aliphatic carbocycles. The molecule has 1 aromatic heterocycles. The van der Waals surface area contributed by atoms with Gasteiger partial charge in [-0.05, 0) is 19.1 Å². The Morgan fingerprint density at radius 2 is 2.00 bits per heavy atom. The smallest absolute Gasteiger partial charge is 0.274 e. The second kappa shape index (κ2) is 6.80. The molecule has 130 valence electrons. The summed E-state index contributed by atoms with van der Waals surface area (Å²) in [7, 11) is 0. The van der Waals surface area contributed by atoms with Gasteiger partial charge in [0.25, 0.3) is 5.91 Å². The third kappa shape index (κ3) is 3.49. The lowest BCUT2D eigenvalue weighted by Gasteiger charge is -2.36. The largest absolute Gasteiger partial charge is 0.489 e. The number of nitrogens with zero attached hydrogens (tertiary/aromatic N) is 4. The van der Waals surface area contributed by atoms with E-state index in [1.807, 2.05) is 17.0 Å². The van der Waals surface area contributed by atoms with Crippen molar-refractivity contribution in [3.63, 3.8) is 0 Å². The average molecular weight is 338 g/mol. The lowest BCUT2D eigenvalue weighted by molar-refractivity contribution is 0.0564. The van der Waals surface area contributed by atoms with E-state index in [0.29, 0.717) is 11.7 Å². The number of benzene rings is 1. The van der Waals surface area contributed by atoms with E-state index in [4.69, 9.17) is 4.74 Å². The monoisotopic (exact) mass is 338 g/mol. The molecule has 1 amide bonds. The summed E-state index contributed by atoms with van der Waals surface area (Å²) < 4.78 is 6.14. The van der Waals surface area contributed by atoms with Gasteiger partial charge < -0.3 is 9.64 Å². The van der Waals surface area contributed by atoms with Gasteiger partial charge in [-0.2, -0.15) is 0 Å². The Labute approximate surface area is 147 Å². The van der Waals surface area contributed by atoms with Crippen molar-refractivity contribution in [2.24, 2.45) is 0 Å². The van der Waals surface area contributed by atoms with E-state index in [1.54, 1.807) is 12.4 Å². The van der Waals surface area contributed by atoms with Crippen molar-refractivity contribution in [3.8, 4) is 5.75 Å². The number of aromatic nitrogens is 2. The number of carbonyl (C=O) groups excluding carboxylic acids is 1. The van der Waals surface area contributed by atoms with Gasteiger partial charge >= 0.3 is 0 Å². The van der Waals surface area contributed by atoms with Gasteiger partial charge in [0, 0.05) is 51.0 Å². The predicted octanol–water partition coefficient (Wildman–Crippen LogP) is 1.76. The molecule has 0 saturated carbocycles. The molecule has 25 heavy (non-hydrogen) atoms. The molecule has 2 atom stereocenters. The molecule has 0 unspecified atom stereocenters. The Morgan fingerprint density at radius 1 is 1.16 bits per heavy atom. The Hall–Kier alpha value is -2.47. The van der Waals surface area contributed by atoms with E-state index in [-0.39, 0.29) is 12.0 Å². The molecule has 2 aliphatic rings. The number of ether oxygens (including phenoxy) is 1. The molecule has 0 bridgehead atoms. The van der Waals surface area contributed by atoms with E-state index in [0.717, 1.165) is 38.3 Å². The van der Waals surface area contributed by atoms with Crippen LogP contribution >= 0.6 is 0 Å². The highest BCUT2D eigenvalue weighted by atomic mass is 16.5. The predicted molar refractivity (Wildman–Crippen MR) is 93.5 cm³/mol. The first-order chi connectivity index (χ1) is 12.2. The van der Waals surface area contributed by atoms with Gasteiger partial charge in [0.15, 0.2) is 0 Å².